The Bertz CT molecular complexity index is 407. The first kappa shape index (κ1) is 17.9. The monoisotopic (exact) mass is 280 g/mol. The highest BCUT2D eigenvalue weighted by molar-refractivity contribution is 5.85. The van der Waals surface area contributed by atoms with E-state index in [1.165, 1.54) is 5.56 Å². The number of nitrogens with zero attached hydrogens (tertiary/aromatic N) is 1. The fourth-order valence-electron chi connectivity index (χ4n) is 1.58. The molecule has 0 amide bonds. The number of hydrazine groups is 1. The van der Waals surface area contributed by atoms with Gasteiger partial charge in [0.25, 0.3) is 0 Å². The minimum atomic E-state index is -0.849. The van der Waals surface area contributed by atoms with Crippen LogP contribution in [0.3, 0.4) is 0 Å². The Kier molecular flexibility index (Phi) is 9.68. The first-order valence-electron chi connectivity index (χ1n) is 6.52. The number of nitrogens with one attached hydrogen (secondary N) is 1. The predicted molar refractivity (Wildman–Crippen MR) is 80.8 cm³/mol. The maximum atomic E-state index is 10.7. The highest BCUT2D eigenvalue weighted by Crippen LogP contribution is 2.11. The summed E-state index contributed by atoms with van der Waals surface area (Å²) in [7, 11) is 0. The Morgan fingerprint density at radius 2 is 2.00 bits per heavy atom. The normalized spacial score (nSPS) is 12.1. The molecule has 112 valence electrons. The number of nitrogens with two attached hydrogens (primary N) is 2. The van der Waals surface area contributed by atoms with E-state index in [2.05, 4.69) is 29.6 Å². The van der Waals surface area contributed by atoms with Crippen LogP contribution in [0.15, 0.2) is 35.4 Å². The molecule has 1 aromatic rings. The Balaban J connectivity index is 0.000000428. The van der Waals surface area contributed by atoms with Crippen LogP contribution in [0, 0.1) is 12.8 Å². The van der Waals surface area contributed by atoms with Crippen LogP contribution in [0.1, 0.15) is 31.7 Å². The Hall–Kier alpha value is -2.08. The van der Waals surface area contributed by atoms with Gasteiger partial charge in [0.1, 0.15) is 5.84 Å². The fourth-order valence-corrected chi connectivity index (χ4v) is 1.58. The van der Waals surface area contributed by atoms with Gasteiger partial charge in [-0.25, -0.2) is 5.84 Å². The molecule has 1 unspecified atom stereocenters. The third-order valence-corrected chi connectivity index (χ3v) is 2.69. The molecular weight excluding hydrogens is 256 g/mol. The lowest BCUT2D eigenvalue weighted by Crippen LogP contribution is -2.34. The number of carboxylic acids is 1. The van der Waals surface area contributed by atoms with Gasteiger partial charge in [0.2, 0.25) is 0 Å². The number of hydrogen-bond acceptors (Lipinski definition) is 4. The Labute approximate surface area is 119 Å². The van der Waals surface area contributed by atoms with Crippen molar-refractivity contribution in [3.05, 3.63) is 35.9 Å². The molecule has 0 radical (unpaired) electrons. The summed E-state index contributed by atoms with van der Waals surface area (Å²) in [5.41, 5.74) is 3.58. The summed E-state index contributed by atoms with van der Waals surface area (Å²) in [6, 6.07) is 10.3. The molecule has 0 heterocycles. The minimum Gasteiger partial charge on any atom is -0.481 e. The van der Waals surface area contributed by atoms with E-state index in [1.807, 2.05) is 25.1 Å². The number of aryl methyl sites for hydroxylation is 1. The zero-order chi connectivity index (χ0) is 15.4. The molecule has 6 heteroatoms. The van der Waals surface area contributed by atoms with E-state index >= 15 is 0 Å². The van der Waals surface area contributed by atoms with Crippen molar-refractivity contribution in [3.63, 3.8) is 0 Å². The molecule has 1 atom stereocenters. The molecule has 0 aromatic heterocycles. The lowest BCUT2D eigenvalue weighted by Gasteiger charge is -2.11. The standard InChI is InChI=1S/C7H16N4O2.C7H8/c1-2-3-5(7(12)13)4-6(10-8)11-9;1-7-5-3-2-4-6-7/h5H,2-4,8-9H2,1H3,(H,10,11)(H,12,13);2-6H,1H3. The van der Waals surface area contributed by atoms with Crippen LogP contribution < -0.4 is 17.1 Å². The van der Waals surface area contributed by atoms with E-state index < -0.39 is 11.9 Å². The van der Waals surface area contributed by atoms with Crippen molar-refractivity contribution in [1.82, 2.24) is 5.43 Å². The molecule has 1 rings (SSSR count). The van der Waals surface area contributed by atoms with Crippen molar-refractivity contribution in [2.75, 3.05) is 0 Å². The quantitative estimate of drug-likeness (QED) is 0.283. The van der Waals surface area contributed by atoms with E-state index in [0.29, 0.717) is 12.3 Å². The van der Waals surface area contributed by atoms with Gasteiger partial charge < -0.3 is 16.4 Å². The highest BCUT2D eigenvalue weighted by atomic mass is 16.4. The van der Waals surface area contributed by atoms with Crippen LogP contribution in [-0.4, -0.2) is 16.9 Å². The van der Waals surface area contributed by atoms with Gasteiger partial charge in [-0.1, -0.05) is 49.2 Å². The maximum Gasteiger partial charge on any atom is 0.306 e. The third-order valence-electron chi connectivity index (χ3n) is 2.69. The summed E-state index contributed by atoms with van der Waals surface area (Å²) >= 11 is 0. The van der Waals surface area contributed by atoms with Crippen molar-refractivity contribution in [2.24, 2.45) is 22.7 Å². The van der Waals surface area contributed by atoms with Crippen molar-refractivity contribution in [2.45, 2.75) is 33.1 Å². The maximum absolute atomic E-state index is 10.7. The second-order valence-electron chi connectivity index (χ2n) is 4.40. The van der Waals surface area contributed by atoms with Gasteiger partial charge in [-0.05, 0) is 13.3 Å². The molecule has 6 nitrogen and oxygen atoms in total. The molecule has 0 aliphatic carbocycles. The van der Waals surface area contributed by atoms with Crippen LogP contribution in [0.2, 0.25) is 0 Å². The van der Waals surface area contributed by atoms with Gasteiger partial charge in [0.05, 0.1) is 5.92 Å². The number of hydrogen-bond donors (Lipinski definition) is 4. The zero-order valence-corrected chi connectivity index (χ0v) is 12.0. The summed E-state index contributed by atoms with van der Waals surface area (Å²) in [6.45, 7) is 4.01. The molecule has 6 N–H and O–H groups in total. The molecule has 0 fully saturated rings. The Morgan fingerprint density at radius 1 is 1.40 bits per heavy atom. The first-order valence-corrected chi connectivity index (χ1v) is 6.52. The molecule has 20 heavy (non-hydrogen) atoms. The molecule has 0 saturated carbocycles. The summed E-state index contributed by atoms with van der Waals surface area (Å²) in [4.78, 5) is 10.7. The molecule has 0 bridgehead atoms. The fraction of sp³-hybridized carbons (Fsp3) is 0.429. The Morgan fingerprint density at radius 3 is 2.30 bits per heavy atom. The molecule has 0 spiro atoms. The van der Waals surface area contributed by atoms with Crippen molar-refractivity contribution in [3.8, 4) is 0 Å². The van der Waals surface area contributed by atoms with E-state index in [9.17, 15) is 4.79 Å². The van der Waals surface area contributed by atoms with Gasteiger partial charge in [0, 0.05) is 6.42 Å². The highest BCUT2D eigenvalue weighted by Gasteiger charge is 2.18. The van der Waals surface area contributed by atoms with Crippen LogP contribution >= 0.6 is 0 Å². The zero-order valence-electron chi connectivity index (χ0n) is 12.0. The molecule has 1 aromatic carbocycles. The number of carboxylic acid groups (broad SMARTS) is 1. The van der Waals surface area contributed by atoms with Gasteiger partial charge in [-0.3, -0.25) is 4.79 Å². The van der Waals surface area contributed by atoms with E-state index in [4.69, 9.17) is 16.8 Å². The summed E-state index contributed by atoms with van der Waals surface area (Å²) < 4.78 is 0. The number of benzene rings is 1. The van der Waals surface area contributed by atoms with Crippen molar-refractivity contribution < 1.29 is 9.90 Å². The number of aliphatic carboxylic acids is 1. The molecule has 0 saturated heterocycles. The predicted octanol–water partition coefficient (Wildman–Crippen LogP) is 1.61. The van der Waals surface area contributed by atoms with Gasteiger partial charge in [-0.2, -0.15) is 5.10 Å². The van der Waals surface area contributed by atoms with Crippen LogP contribution in [0.25, 0.3) is 0 Å². The number of hydrazone groups is 1. The van der Waals surface area contributed by atoms with Crippen LogP contribution in [0.4, 0.5) is 0 Å². The van der Waals surface area contributed by atoms with E-state index in [0.717, 1.165) is 6.42 Å². The lowest BCUT2D eigenvalue weighted by molar-refractivity contribution is -0.141. The second-order valence-corrected chi connectivity index (χ2v) is 4.40. The summed E-state index contributed by atoms with van der Waals surface area (Å²) in [5, 5.41) is 12.1. The van der Waals surface area contributed by atoms with E-state index in [-0.39, 0.29) is 6.42 Å². The first-order chi connectivity index (χ1) is 9.54. The lowest BCUT2D eigenvalue weighted by atomic mass is 10.00. The number of carbonyl (C=O) groups is 1. The van der Waals surface area contributed by atoms with Crippen LogP contribution in [-0.2, 0) is 4.79 Å². The summed E-state index contributed by atoms with van der Waals surface area (Å²) in [6.07, 6.45) is 1.64. The van der Waals surface area contributed by atoms with E-state index in [1.54, 1.807) is 0 Å². The third kappa shape index (κ3) is 8.10. The van der Waals surface area contributed by atoms with Crippen LogP contribution in [0.5, 0.6) is 0 Å². The SMILES string of the molecule is CCCC(C/C(=N/N)NN)C(=O)O.Cc1ccccc1. The minimum absolute atomic E-state index is 0.246. The van der Waals surface area contributed by atoms with Crippen molar-refractivity contribution >= 4 is 11.8 Å². The average Bonchev–Trinajstić information content (AvgIpc) is 2.44. The van der Waals surface area contributed by atoms with Gasteiger partial charge in [0.15, 0.2) is 0 Å². The second kappa shape index (κ2) is 10.8. The van der Waals surface area contributed by atoms with Crippen molar-refractivity contribution in [1.29, 1.82) is 0 Å². The smallest absolute Gasteiger partial charge is 0.306 e. The molecule has 0 aliphatic rings. The van der Waals surface area contributed by atoms with Gasteiger partial charge >= 0.3 is 5.97 Å². The summed E-state index contributed by atoms with van der Waals surface area (Å²) in [5.74, 6) is 9.04. The largest absolute Gasteiger partial charge is 0.481 e. The topological polar surface area (TPSA) is 114 Å². The molecular formula is C14H24N4O2. The number of amidine groups is 1. The number of rotatable bonds is 5. The average molecular weight is 280 g/mol. The van der Waals surface area contributed by atoms with Gasteiger partial charge in [-0.15, -0.1) is 0 Å². The molecule has 0 aliphatic heterocycles.